The van der Waals surface area contributed by atoms with E-state index >= 15 is 0 Å². The van der Waals surface area contributed by atoms with Gasteiger partial charge in [-0.3, -0.25) is 0 Å². The lowest BCUT2D eigenvalue weighted by Gasteiger charge is -2.33. The summed E-state index contributed by atoms with van der Waals surface area (Å²) in [6.07, 6.45) is 2.63. The molecule has 0 spiro atoms. The summed E-state index contributed by atoms with van der Waals surface area (Å²) < 4.78 is 6.11. The summed E-state index contributed by atoms with van der Waals surface area (Å²) in [6.45, 7) is 11.4. The average Bonchev–Trinajstić information content (AvgIpc) is 2.75. The molecule has 21 heavy (non-hydrogen) atoms. The van der Waals surface area contributed by atoms with Crippen LogP contribution in [-0.2, 0) is 0 Å². The molecule has 116 valence electrons. The molecular weight excluding hydrogens is 260 g/mol. The van der Waals surface area contributed by atoms with Gasteiger partial charge in [-0.15, -0.1) is 0 Å². The monoisotopic (exact) mass is 288 g/mol. The smallest absolute Gasteiger partial charge is 0.125 e. The lowest BCUT2D eigenvalue weighted by molar-refractivity contribution is 0.0912. The Morgan fingerprint density at radius 2 is 1.95 bits per heavy atom. The second kappa shape index (κ2) is 5.98. The van der Waals surface area contributed by atoms with Crippen molar-refractivity contribution in [3.05, 3.63) is 29.8 Å². The number of para-hydroxylation sites is 1. The molecule has 2 aliphatic heterocycles. The van der Waals surface area contributed by atoms with E-state index in [1.165, 1.54) is 38.0 Å². The van der Waals surface area contributed by atoms with Crippen LogP contribution < -0.4 is 10.1 Å². The molecule has 0 aliphatic carbocycles. The van der Waals surface area contributed by atoms with Gasteiger partial charge in [-0.05, 0) is 64.9 Å². The minimum absolute atomic E-state index is 0.159. The second-order valence-corrected chi connectivity index (χ2v) is 6.96. The zero-order chi connectivity index (χ0) is 14.9. The van der Waals surface area contributed by atoms with Gasteiger partial charge in [-0.2, -0.15) is 0 Å². The van der Waals surface area contributed by atoms with Crippen LogP contribution in [0, 0.1) is 5.92 Å². The number of nitrogens with zero attached hydrogens (tertiary/aromatic N) is 1. The van der Waals surface area contributed by atoms with Gasteiger partial charge in [0, 0.05) is 5.56 Å². The molecule has 1 saturated heterocycles. The van der Waals surface area contributed by atoms with Gasteiger partial charge in [0.15, 0.2) is 0 Å². The summed E-state index contributed by atoms with van der Waals surface area (Å²) >= 11 is 0. The number of hydrogen-bond donors (Lipinski definition) is 1. The minimum Gasteiger partial charge on any atom is -0.486 e. The third-order valence-electron chi connectivity index (χ3n) is 5.06. The molecule has 3 nitrogen and oxygen atoms in total. The highest BCUT2D eigenvalue weighted by Crippen LogP contribution is 2.42. The molecule has 1 aromatic carbocycles. The number of fused-ring (bicyclic) bond motifs is 1. The number of nitrogens with one attached hydrogen (secondary N) is 1. The summed E-state index contributed by atoms with van der Waals surface area (Å²) in [5, 5.41) is 3.79. The quantitative estimate of drug-likeness (QED) is 0.920. The highest BCUT2D eigenvalue weighted by Gasteiger charge is 2.40. The van der Waals surface area contributed by atoms with Gasteiger partial charge < -0.3 is 15.0 Å². The molecule has 2 heterocycles. The average molecular weight is 288 g/mol. The maximum atomic E-state index is 6.11. The number of piperidine rings is 1. The normalized spacial score (nSPS) is 25.6. The van der Waals surface area contributed by atoms with E-state index in [0.717, 1.165) is 18.2 Å². The second-order valence-electron chi connectivity index (χ2n) is 6.96. The van der Waals surface area contributed by atoms with Gasteiger partial charge in [-0.1, -0.05) is 25.1 Å². The molecule has 1 N–H and O–H groups in total. The van der Waals surface area contributed by atoms with Crippen LogP contribution in [0.2, 0.25) is 0 Å². The van der Waals surface area contributed by atoms with Crippen LogP contribution in [0.3, 0.4) is 0 Å². The Balaban J connectivity index is 1.60. The molecular formula is C18H28N2O. The highest BCUT2D eigenvalue weighted by molar-refractivity contribution is 5.42. The summed E-state index contributed by atoms with van der Waals surface area (Å²) in [5.41, 5.74) is 1.15. The zero-order valence-electron chi connectivity index (χ0n) is 13.6. The van der Waals surface area contributed by atoms with E-state index in [0.29, 0.717) is 6.04 Å². The Kier molecular flexibility index (Phi) is 4.23. The number of rotatable bonds is 4. The third-order valence-corrected chi connectivity index (χ3v) is 5.06. The fraction of sp³-hybridized carbons (Fsp3) is 0.667. The topological polar surface area (TPSA) is 24.5 Å². The van der Waals surface area contributed by atoms with Crippen LogP contribution in [-0.4, -0.2) is 36.7 Å². The predicted molar refractivity (Wildman–Crippen MR) is 86.7 cm³/mol. The van der Waals surface area contributed by atoms with E-state index in [1.54, 1.807) is 0 Å². The molecule has 1 aromatic rings. The van der Waals surface area contributed by atoms with Crippen LogP contribution in [0.5, 0.6) is 5.75 Å². The highest BCUT2D eigenvalue weighted by atomic mass is 16.5. The zero-order valence-corrected chi connectivity index (χ0v) is 13.6. The fourth-order valence-corrected chi connectivity index (χ4v) is 3.68. The Hall–Kier alpha value is -1.06. The van der Waals surface area contributed by atoms with Crippen molar-refractivity contribution < 1.29 is 4.74 Å². The molecule has 1 unspecified atom stereocenters. The van der Waals surface area contributed by atoms with E-state index in [4.69, 9.17) is 4.74 Å². The van der Waals surface area contributed by atoms with E-state index in [9.17, 15) is 0 Å². The number of hydrogen-bond acceptors (Lipinski definition) is 3. The molecule has 0 amide bonds. The van der Waals surface area contributed by atoms with Gasteiger partial charge >= 0.3 is 0 Å². The Labute approximate surface area is 128 Å². The summed E-state index contributed by atoms with van der Waals surface area (Å²) in [6, 6.07) is 8.74. The lowest BCUT2D eigenvalue weighted by Crippen LogP contribution is -2.43. The van der Waals surface area contributed by atoms with E-state index < -0.39 is 0 Å². The van der Waals surface area contributed by atoms with Gasteiger partial charge in [0.25, 0.3) is 0 Å². The summed E-state index contributed by atoms with van der Waals surface area (Å²) in [5.74, 6) is 1.84. The van der Waals surface area contributed by atoms with E-state index in [2.05, 4.69) is 55.3 Å². The maximum Gasteiger partial charge on any atom is 0.125 e. The number of benzene rings is 1. The van der Waals surface area contributed by atoms with Gasteiger partial charge in [0.2, 0.25) is 0 Å². The van der Waals surface area contributed by atoms with E-state index in [-0.39, 0.29) is 5.60 Å². The minimum atomic E-state index is -0.159. The first-order valence-electron chi connectivity index (χ1n) is 8.34. The Bertz CT molecular complexity index is 478. The molecule has 0 saturated carbocycles. The Morgan fingerprint density at radius 1 is 1.24 bits per heavy atom. The van der Waals surface area contributed by atoms with Crippen LogP contribution in [0.25, 0.3) is 0 Å². The molecule has 1 fully saturated rings. The van der Waals surface area contributed by atoms with Crippen molar-refractivity contribution in [2.24, 2.45) is 5.92 Å². The standard InChI is InChI=1S/C18H28N2O/c1-4-20-11-9-14(10-12-20)13-19-17-15-7-5-6-8-16(15)21-18(17,2)3/h5-8,14,17,19H,4,9-13H2,1-3H3. The van der Waals surface area contributed by atoms with Crippen LogP contribution in [0.4, 0.5) is 0 Å². The molecule has 3 rings (SSSR count). The van der Waals surface area contributed by atoms with Gasteiger partial charge in [0.1, 0.15) is 11.4 Å². The first kappa shape index (κ1) is 14.9. The van der Waals surface area contributed by atoms with Gasteiger partial charge in [-0.25, -0.2) is 0 Å². The maximum absolute atomic E-state index is 6.11. The lowest BCUT2D eigenvalue weighted by atomic mass is 9.92. The SMILES string of the molecule is CCN1CCC(CNC2c3ccccc3OC2(C)C)CC1. The summed E-state index contributed by atoms with van der Waals surface area (Å²) in [7, 11) is 0. The molecule has 0 radical (unpaired) electrons. The van der Waals surface area contributed by atoms with Crippen molar-refractivity contribution in [2.45, 2.75) is 45.3 Å². The molecule has 0 bridgehead atoms. The molecule has 0 aromatic heterocycles. The number of likely N-dealkylation sites (tertiary alicyclic amines) is 1. The first-order valence-corrected chi connectivity index (χ1v) is 8.34. The molecule has 1 atom stereocenters. The van der Waals surface area contributed by atoms with Crippen LogP contribution >= 0.6 is 0 Å². The van der Waals surface area contributed by atoms with Crippen LogP contribution in [0.1, 0.15) is 45.2 Å². The number of ether oxygens (including phenoxy) is 1. The van der Waals surface area contributed by atoms with Crippen LogP contribution in [0.15, 0.2) is 24.3 Å². The third kappa shape index (κ3) is 3.09. The Morgan fingerprint density at radius 3 is 2.67 bits per heavy atom. The van der Waals surface area contributed by atoms with Crippen molar-refractivity contribution in [1.29, 1.82) is 0 Å². The van der Waals surface area contributed by atoms with Crippen molar-refractivity contribution in [1.82, 2.24) is 10.2 Å². The van der Waals surface area contributed by atoms with Crippen molar-refractivity contribution in [3.63, 3.8) is 0 Å². The first-order chi connectivity index (χ1) is 10.1. The molecule has 3 heteroatoms. The summed E-state index contributed by atoms with van der Waals surface area (Å²) in [4.78, 5) is 2.55. The predicted octanol–water partition coefficient (Wildman–Crippen LogP) is 3.22. The van der Waals surface area contributed by atoms with Gasteiger partial charge in [0.05, 0.1) is 6.04 Å². The van der Waals surface area contributed by atoms with Crippen molar-refractivity contribution in [2.75, 3.05) is 26.2 Å². The fourth-order valence-electron chi connectivity index (χ4n) is 3.68. The van der Waals surface area contributed by atoms with Crippen molar-refractivity contribution >= 4 is 0 Å². The van der Waals surface area contributed by atoms with Crippen molar-refractivity contribution in [3.8, 4) is 5.75 Å². The molecule has 2 aliphatic rings. The largest absolute Gasteiger partial charge is 0.486 e. The van der Waals surface area contributed by atoms with E-state index in [1.807, 2.05) is 0 Å².